The van der Waals surface area contributed by atoms with Gasteiger partial charge in [0.25, 0.3) is 0 Å². The van der Waals surface area contributed by atoms with E-state index in [2.05, 4.69) is 115 Å². The maximum absolute atomic E-state index is 6.87. The van der Waals surface area contributed by atoms with Gasteiger partial charge in [0, 0.05) is 28.8 Å². The van der Waals surface area contributed by atoms with Gasteiger partial charge in [-0.3, -0.25) is 0 Å². The zero-order valence-electron chi connectivity index (χ0n) is 24.0. The quantitative estimate of drug-likeness (QED) is 0.230. The van der Waals surface area contributed by atoms with E-state index in [9.17, 15) is 0 Å². The highest BCUT2D eigenvalue weighted by Crippen LogP contribution is 2.48. The van der Waals surface area contributed by atoms with Gasteiger partial charge in [0.1, 0.15) is 23.0 Å². The first-order valence-electron chi connectivity index (χ1n) is 14.9. The van der Waals surface area contributed by atoms with Gasteiger partial charge in [0.05, 0.1) is 0 Å². The molecule has 0 bridgehead atoms. The summed E-state index contributed by atoms with van der Waals surface area (Å²) in [6.07, 6.45) is 6.20. The normalized spacial score (nSPS) is 13.0. The van der Waals surface area contributed by atoms with E-state index in [1.54, 1.807) is 0 Å². The SMILES string of the molecule is C1=CNCC(c2cccc(-c3ccc4c(c3)Oc3ccccc3-c3ccccc3Oc3cc(-c5ccccc5)ccc3-4)c2)=C1. The molecule has 2 aliphatic rings. The summed E-state index contributed by atoms with van der Waals surface area (Å²) in [5.74, 6) is 3.12. The Morgan fingerprint density at radius 3 is 1.57 bits per heavy atom. The van der Waals surface area contributed by atoms with Crippen molar-refractivity contribution < 1.29 is 9.47 Å². The van der Waals surface area contributed by atoms with Crippen molar-refractivity contribution in [3.63, 3.8) is 0 Å². The second kappa shape index (κ2) is 11.1. The van der Waals surface area contributed by atoms with Crippen molar-refractivity contribution in [2.24, 2.45) is 0 Å². The van der Waals surface area contributed by atoms with Gasteiger partial charge in [-0.05, 0) is 88.1 Å². The van der Waals surface area contributed by atoms with E-state index in [4.69, 9.17) is 9.47 Å². The van der Waals surface area contributed by atoms with E-state index < -0.39 is 0 Å². The summed E-state index contributed by atoms with van der Waals surface area (Å²) in [7, 11) is 0. The van der Waals surface area contributed by atoms with Gasteiger partial charge in [-0.15, -0.1) is 0 Å². The van der Waals surface area contributed by atoms with E-state index in [1.165, 1.54) is 11.1 Å². The number of benzene rings is 6. The van der Waals surface area contributed by atoms with E-state index in [1.807, 2.05) is 48.7 Å². The molecule has 0 amide bonds. The second-order valence-corrected chi connectivity index (χ2v) is 11.0. The van der Waals surface area contributed by atoms with Crippen molar-refractivity contribution in [1.29, 1.82) is 0 Å². The van der Waals surface area contributed by atoms with Gasteiger partial charge < -0.3 is 14.8 Å². The molecule has 210 valence electrons. The molecule has 3 heteroatoms. The molecule has 6 aromatic carbocycles. The number of dihydropyridines is 1. The first kappa shape index (κ1) is 25.9. The lowest BCUT2D eigenvalue weighted by Gasteiger charge is -2.22. The summed E-state index contributed by atoms with van der Waals surface area (Å²) >= 11 is 0. The fourth-order valence-electron chi connectivity index (χ4n) is 6.00. The van der Waals surface area contributed by atoms with Gasteiger partial charge in [-0.1, -0.05) is 103 Å². The zero-order valence-corrected chi connectivity index (χ0v) is 24.0. The van der Waals surface area contributed by atoms with Crippen LogP contribution in [0.1, 0.15) is 5.56 Å². The van der Waals surface area contributed by atoms with E-state index in [-0.39, 0.29) is 0 Å². The molecule has 0 aliphatic carbocycles. The highest BCUT2D eigenvalue weighted by molar-refractivity contribution is 5.86. The first-order chi connectivity index (χ1) is 21.8. The molecule has 8 rings (SSSR count). The Labute approximate surface area is 257 Å². The van der Waals surface area contributed by atoms with Crippen LogP contribution in [0.25, 0.3) is 50.1 Å². The van der Waals surface area contributed by atoms with Crippen LogP contribution in [-0.4, -0.2) is 6.54 Å². The molecule has 44 heavy (non-hydrogen) atoms. The van der Waals surface area contributed by atoms with Crippen molar-refractivity contribution in [2.75, 3.05) is 6.54 Å². The molecular formula is C41H29NO2. The predicted molar refractivity (Wildman–Crippen MR) is 180 cm³/mol. The number of rotatable bonds is 3. The van der Waals surface area contributed by atoms with Crippen molar-refractivity contribution in [3.8, 4) is 67.5 Å². The largest absolute Gasteiger partial charge is 0.456 e. The number of hydrogen-bond acceptors (Lipinski definition) is 3. The number of ether oxygens (including phenoxy) is 2. The average molecular weight is 568 g/mol. The van der Waals surface area contributed by atoms with Gasteiger partial charge in [0.15, 0.2) is 0 Å². The van der Waals surface area contributed by atoms with Crippen LogP contribution in [0.2, 0.25) is 0 Å². The van der Waals surface area contributed by atoms with Gasteiger partial charge >= 0.3 is 0 Å². The van der Waals surface area contributed by atoms with Crippen LogP contribution in [-0.2, 0) is 0 Å². The molecule has 0 saturated heterocycles. The third-order valence-corrected chi connectivity index (χ3v) is 8.24. The van der Waals surface area contributed by atoms with Crippen molar-refractivity contribution in [3.05, 3.63) is 163 Å². The molecule has 2 aliphatic heterocycles. The topological polar surface area (TPSA) is 30.5 Å². The Bertz CT molecular complexity index is 2070. The Kier molecular flexibility index (Phi) is 6.54. The van der Waals surface area contributed by atoms with Crippen LogP contribution in [0.3, 0.4) is 0 Å². The molecule has 0 saturated carbocycles. The standard InChI is InChI=1S/C41H29NO2/c1-2-10-28(11-3-1)31-19-21-36-37-22-20-32(29-12-8-13-30(24-29)33-14-9-23-42-27-33)26-41(37)44-39-18-7-5-16-35(39)34-15-4-6-17-38(34)43-40(36)25-31/h1-26,42H,27H2. The molecule has 0 aromatic heterocycles. The van der Waals surface area contributed by atoms with Crippen LogP contribution < -0.4 is 14.8 Å². The lowest BCUT2D eigenvalue weighted by atomic mass is 9.94. The maximum Gasteiger partial charge on any atom is 0.136 e. The summed E-state index contributed by atoms with van der Waals surface area (Å²) in [5, 5.41) is 3.32. The Hall–Kier alpha value is -5.80. The lowest BCUT2D eigenvalue weighted by molar-refractivity contribution is 0.472. The Morgan fingerprint density at radius 1 is 0.409 bits per heavy atom. The third kappa shape index (κ3) is 4.85. The minimum absolute atomic E-state index is 0.776. The van der Waals surface area contributed by atoms with E-state index in [0.717, 1.165) is 74.1 Å². The summed E-state index contributed by atoms with van der Waals surface area (Å²) in [6.45, 7) is 0.813. The fraction of sp³-hybridized carbons (Fsp3) is 0.0244. The number of allylic oxidation sites excluding steroid dienone is 2. The van der Waals surface area contributed by atoms with Gasteiger partial charge in [0.2, 0.25) is 0 Å². The third-order valence-electron chi connectivity index (χ3n) is 8.24. The first-order valence-corrected chi connectivity index (χ1v) is 14.9. The molecule has 1 N–H and O–H groups in total. The molecule has 3 nitrogen and oxygen atoms in total. The summed E-state index contributed by atoms with van der Waals surface area (Å²) < 4.78 is 13.7. The van der Waals surface area contributed by atoms with Crippen LogP contribution >= 0.6 is 0 Å². The van der Waals surface area contributed by atoms with Crippen molar-refractivity contribution >= 4 is 5.57 Å². The molecular weight excluding hydrogens is 538 g/mol. The predicted octanol–water partition coefficient (Wildman–Crippen LogP) is 10.8. The lowest BCUT2D eigenvalue weighted by Crippen LogP contribution is -2.11. The molecule has 6 aromatic rings. The minimum atomic E-state index is 0.776. The summed E-state index contributed by atoms with van der Waals surface area (Å²) in [5.41, 5.74) is 10.8. The Balaban J connectivity index is 1.32. The molecule has 0 unspecified atom stereocenters. The van der Waals surface area contributed by atoms with E-state index >= 15 is 0 Å². The zero-order chi connectivity index (χ0) is 29.3. The number of fused-ring (bicyclic) bond motifs is 6. The highest BCUT2D eigenvalue weighted by atomic mass is 16.5. The fourth-order valence-corrected chi connectivity index (χ4v) is 6.00. The highest BCUT2D eigenvalue weighted by Gasteiger charge is 2.21. The second-order valence-electron chi connectivity index (χ2n) is 11.0. The molecule has 0 atom stereocenters. The number of hydrogen-bond donors (Lipinski definition) is 1. The van der Waals surface area contributed by atoms with E-state index in [0.29, 0.717) is 0 Å². The van der Waals surface area contributed by atoms with Crippen molar-refractivity contribution in [1.82, 2.24) is 5.32 Å². The number of para-hydroxylation sites is 2. The smallest absolute Gasteiger partial charge is 0.136 e. The molecule has 0 fully saturated rings. The van der Waals surface area contributed by atoms with Crippen LogP contribution in [0.15, 0.2) is 158 Å². The van der Waals surface area contributed by atoms with Crippen LogP contribution in [0, 0.1) is 0 Å². The summed E-state index contributed by atoms with van der Waals surface area (Å²) in [6, 6.07) is 48.4. The van der Waals surface area contributed by atoms with Crippen LogP contribution in [0.4, 0.5) is 0 Å². The van der Waals surface area contributed by atoms with Gasteiger partial charge in [-0.2, -0.15) is 0 Å². The maximum atomic E-state index is 6.87. The monoisotopic (exact) mass is 567 g/mol. The number of nitrogens with one attached hydrogen (secondary N) is 1. The average Bonchev–Trinajstić information content (AvgIpc) is 3.10. The van der Waals surface area contributed by atoms with Crippen molar-refractivity contribution in [2.45, 2.75) is 0 Å². The molecule has 2 heterocycles. The molecule has 0 spiro atoms. The van der Waals surface area contributed by atoms with Gasteiger partial charge in [-0.25, -0.2) is 0 Å². The van der Waals surface area contributed by atoms with Crippen LogP contribution in [0.5, 0.6) is 23.0 Å². The molecule has 0 radical (unpaired) electrons. The minimum Gasteiger partial charge on any atom is -0.456 e. The summed E-state index contributed by atoms with van der Waals surface area (Å²) in [4.78, 5) is 0. The Morgan fingerprint density at radius 2 is 0.932 bits per heavy atom.